The Labute approximate surface area is 149 Å². The molecule has 4 aromatic rings. The number of nitrogens with one attached hydrogen (secondary N) is 2. The van der Waals surface area contributed by atoms with Crippen LogP contribution in [-0.2, 0) is 0 Å². The Balaban J connectivity index is 1.78. The monoisotopic (exact) mass is 350 g/mol. The summed E-state index contributed by atoms with van der Waals surface area (Å²) < 4.78 is 2.02. The van der Waals surface area contributed by atoms with Crippen LogP contribution in [0.1, 0.15) is 0 Å². The molecule has 4 aromatic heterocycles. The number of anilines is 1. The van der Waals surface area contributed by atoms with E-state index < -0.39 is 0 Å². The first-order valence-electron chi connectivity index (χ1n) is 7.72. The van der Waals surface area contributed by atoms with E-state index in [0.717, 1.165) is 28.0 Å². The molecule has 7 heteroatoms. The van der Waals surface area contributed by atoms with E-state index in [2.05, 4.69) is 25.8 Å². The van der Waals surface area contributed by atoms with E-state index in [0.29, 0.717) is 10.8 Å². The van der Waals surface area contributed by atoms with Gasteiger partial charge in [-0.15, -0.1) is 0 Å². The van der Waals surface area contributed by atoms with E-state index >= 15 is 0 Å². The minimum Gasteiger partial charge on any atom is -0.319 e. The summed E-state index contributed by atoms with van der Waals surface area (Å²) in [6.45, 7) is 0. The molecular formula is C18H15ClN6. The molecule has 6 nitrogen and oxygen atoms in total. The second-order valence-electron chi connectivity index (χ2n) is 5.47. The van der Waals surface area contributed by atoms with Crippen LogP contribution < -0.4 is 10.9 Å². The van der Waals surface area contributed by atoms with Crippen LogP contribution in [0, 0.1) is 0 Å². The fourth-order valence-corrected chi connectivity index (χ4v) is 2.87. The van der Waals surface area contributed by atoms with E-state index in [4.69, 9.17) is 11.6 Å². The lowest BCUT2D eigenvalue weighted by Gasteiger charge is -2.09. The van der Waals surface area contributed by atoms with E-state index in [1.54, 1.807) is 19.4 Å². The third kappa shape index (κ3) is 2.93. The van der Waals surface area contributed by atoms with Crippen LogP contribution in [0.15, 0.2) is 61.3 Å². The van der Waals surface area contributed by atoms with Gasteiger partial charge in [0.05, 0.1) is 17.6 Å². The molecule has 0 aliphatic rings. The summed E-state index contributed by atoms with van der Waals surface area (Å²) >= 11 is 6.10. The lowest BCUT2D eigenvalue weighted by atomic mass is 10.1. The third-order valence-electron chi connectivity index (χ3n) is 3.90. The molecule has 0 aliphatic heterocycles. The Kier molecular flexibility index (Phi) is 4.05. The summed E-state index contributed by atoms with van der Waals surface area (Å²) in [6.07, 6.45) is 9.17. The van der Waals surface area contributed by atoms with Crippen LogP contribution in [-0.4, -0.2) is 26.4 Å². The molecule has 0 bridgehead atoms. The van der Waals surface area contributed by atoms with Gasteiger partial charge in [-0.25, -0.2) is 15.4 Å². The van der Waals surface area contributed by atoms with Crippen LogP contribution in [0.2, 0.25) is 5.15 Å². The summed E-state index contributed by atoms with van der Waals surface area (Å²) in [5.74, 6) is 0. The molecule has 2 N–H and O–H groups in total. The van der Waals surface area contributed by atoms with Gasteiger partial charge in [0.25, 0.3) is 0 Å². The maximum absolute atomic E-state index is 6.10. The maximum atomic E-state index is 6.10. The fourth-order valence-electron chi connectivity index (χ4n) is 2.72. The summed E-state index contributed by atoms with van der Waals surface area (Å²) in [5.41, 5.74) is 11.4. The van der Waals surface area contributed by atoms with Gasteiger partial charge in [0.1, 0.15) is 5.65 Å². The number of fused-ring (bicyclic) bond motifs is 1. The van der Waals surface area contributed by atoms with Crippen molar-refractivity contribution in [2.75, 3.05) is 12.5 Å². The van der Waals surface area contributed by atoms with Crippen LogP contribution >= 0.6 is 11.6 Å². The Bertz CT molecular complexity index is 1030. The molecule has 0 radical (unpaired) electrons. The first kappa shape index (κ1) is 15.6. The summed E-state index contributed by atoms with van der Waals surface area (Å²) in [6, 6.07) is 9.97. The second-order valence-corrected chi connectivity index (χ2v) is 5.82. The van der Waals surface area contributed by atoms with Crippen molar-refractivity contribution in [3.05, 3.63) is 66.5 Å². The zero-order valence-electron chi connectivity index (χ0n) is 13.4. The Morgan fingerprint density at radius 3 is 2.72 bits per heavy atom. The van der Waals surface area contributed by atoms with Crippen molar-refractivity contribution in [1.82, 2.24) is 24.8 Å². The van der Waals surface area contributed by atoms with E-state index in [-0.39, 0.29) is 0 Å². The Morgan fingerprint density at radius 2 is 1.92 bits per heavy atom. The van der Waals surface area contributed by atoms with Crippen molar-refractivity contribution in [2.45, 2.75) is 0 Å². The lowest BCUT2D eigenvalue weighted by Crippen LogP contribution is -2.15. The quantitative estimate of drug-likeness (QED) is 0.434. The van der Waals surface area contributed by atoms with Crippen LogP contribution in [0.5, 0.6) is 0 Å². The summed E-state index contributed by atoms with van der Waals surface area (Å²) in [5, 5.41) is 0.408. The summed E-state index contributed by atoms with van der Waals surface area (Å²) in [4.78, 5) is 12.9. The van der Waals surface area contributed by atoms with Crippen molar-refractivity contribution in [1.29, 1.82) is 0 Å². The van der Waals surface area contributed by atoms with Gasteiger partial charge in [0.2, 0.25) is 0 Å². The average Bonchev–Trinajstić information content (AvgIpc) is 3.08. The van der Waals surface area contributed by atoms with Crippen molar-refractivity contribution in [2.24, 2.45) is 0 Å². The highest BCUT2D eigenvalue weighted by Crippen LogP contribution is 2.28. The second kappa shape index (κ2) is 6.51. The molecule has 124 valence electrons. The number of imidazole rings is 1. The Morgan fingerprint density at radius 1 is 1.00 bits per heavy atom. The molecular weight excluding hydrogens is 336 g/mol. The molecule has 0 amide bonds. The molecule has 0 atom stereocenters. The van der Waals surface area contributed by atoms with Gasteiger partial charge in [-0.1, -0.05) is 17.7 Å². The number of aromatic nitrogens is 4. The third-order valence-corrected chi connectivity index (χ3v) is 4.20. The number of hydrazine groups is 1. The Hall–Kier alpha value is -2.96. The summed E-state index contributed by atoms with van der Waals surface area (Å²) in [7, 11) is 1.77. The molecule has 0 aliphatic carbocycles. The van der Waals surface area contributed by atoms with Crippen molar-refractivity contribution in [3.8, 4) is 22.4 Å². The fraction of sp³-hybridized carbons (Fsp3) is 0.0556. The zero-order valence-corrected chi connectivity index (χ0v) is 14.2. The predicted octanol–water partition coefficient (Wildman–Crippen LogP) is 3.66. The minimum atomic E-state index is 0.408. The van der Waals surface area contributed by atoms with Gasteiger partial charge in [0.15, 0.2) is 5.15 Å². The minimum absolute atomic E-state index is 0.408. The molecule has 25 heavy (non-hydrogen) atoms. The number of nitrogens with zero attached hydrogens (tertiary/aromatic N) is 4. The molecule has 0 saturated heterocycles. The molecule has 4 rings (SSSR count). The van der Waals surface area contributed by atoms with Gasteiger partial charge in [-0.05, 0) is 29.8 Å². The van der Waals surface area contributed by atoms with E-state index in [1.807, 2.05) is 53.3 Å². The van der Waals surface area contributed by atoms with Crippen LogP contribution in [0.25, 0.3) is 28.0 Å². The van der Waals surface area contributed by atoms with Gasteiger partial charge in [0, 0.05) is 43.0 Å². The molecule has 0 saturated carbocycles. The molecule has 0 fully saturated rings. The first-order valence-corrected chi connectivity index (χ1v) is 8.10. The topological polar surface area (TPSA) is 67.1 Å². The lowest BCUT2D eigenvalue weighted by molar-refractivity contribution is 0.980. The van der Waals surface area contributed by atoms with Crippen LogP contribution in [0.3, 0.4) is 0 Å². The van der Waals surface area contributed by atoms with Crippen molar-refractivity contribution < 1.29 is 0 Å². The van der Waals surface area contributed by atoms with Gasteiger partial charge >= 0.3 is 0 Å². The zero-order chi connectivity index (χ0) is 17.2. The largest absolute Gasteiger partial charge is 0.319 e. The van der Waals surface area contributed by atoms with Crippen LogP contribution in [0.4, 0.5) is 5.69 Å². The van der Waals surface area contributed by atoms with Crippen molar-refractivity contribution >= 4 is 22.9 Å². The number of hydrogen-bond donors (Lipinski definition) is 2. The number of pyridine rings is 3. The first-order chi connectivity index (χ1) is 12.3. The van der Waals surface area contributed by atoms with E-state index in [9.17, 15) is 0 Å². The standard InChI is InChI=1S/C18H15ClN6/c1-20-24-15-7-14(10-23-18(15)19)16-11-22-17-8-12(4-6-25(16)17)13-3-2-5-21-9-13/h2-11,20,24H,1H3. The molecule has 0 unspecified atom stereocenters. The van der Waals surface area contributed by atoms with Gasteiger partial charge in [-0.3, -0.25) is 9.38 Å². The smallest absolute Gasteiger partial charge is 0.153 e. The van der Waals surface area contributed by atoms with Gasteiger partial charge in [-0.2, -0.15) is 0 Å². The van der Waals surface area contributed by atoms with Gasteiger partial charge < -0.3 is 5.43 Å². The average molecular weight is 351 g/mol. The number of halogens is 1. The highest BCUT2D eigenvalue weighted by molar-refractivity contribution is 6.32. The highest BCUT2D eigenvalue weighted by Gasteiger charge is 2.10. The predicted molar refractivity (Wildman–Crippen MR) is 99.3 cm³/mol. The molecule has 4 heterocycles. The highest BCUT2D eigenvalue weighted by atomic mass is 35.5. The molecule has 0 spiro atoms. The van der Waals surface area contributed by atoms with E-state index in [1.165, 1.54) is 0 Å². The normalized spacial score (nSPS) is 11.0. The molecule has 0 aromatic carbocycles. The maximum Gasteiger partial charge on any atom is 0.153 e. The SMILES string of the molecule is CNNc1cc(-c2cnc3cc(-c4cccnc4)ccn23)cnc1Cl. The van der Waals surface area contributed by atoms with Crippen molar-refractivity contribution in [3.63, 3.8) is 0 Å². The number of hydrogen-bond acceptors (Lipinski definition) is 5. The number of rotatable bonds is 4.